The van der Waals surface area contributed by atoms with E-state index in [0.29, 0.717) is 10.7 Å². The highest BCUT2D eigenvalue weighted by Gasteiger charge is 2.27. The number of amides is 3. The number of urea groups is 1. The summed E-state index contributed by atoms with van der Waals surface area (Å²) in [6.07, 6.45) is 3.36. The number of pyridine rings is 1. The zero-order chi connectivity index (χ0) is 18.5. The molecule has 9 heteroatoms. The summed E-state index contributed by atoms with van der Waals surface area (Å²) in [7, 11) is 1.52. The van der Waals surface area contributed by atoms with Crippen molar-refractivity contribution in [3.63, 3.8) is 0 Å². The smallest absolute Gasteiger partial charge is 0.324 e. The number of hydrogen-bond acceptors (Lipinski definition) is 5. The minimum Gasteiger partial charge on any atom is -0.368 e. The monoisotopic (exact) mass is 401 g/mol. The number of anilines is 1. The molecule has 2 heterocycles. The lowest BCUT2D eigenvalue weighted by atomic mass is 10.1. The van der Waals surface area contributed by atoms with Crippen LogP contribution in [0.4, 0.5) is 9.93 Å². The van der Waals surface area contributed by atoms with E-state index in [1.54, 1.807) is 36.7 Å². The highest BCUT2D eigenvalue weighted by Crippen LogP contribution is 2.25. The van der Waals surface area contributed by atoms with Gasteiger partial charge in [-0.05, 0) is 17.7 Å². The predicted octanol–water partition coefficient (Wildman–Crippen LogP) is 3.01. The maximum Gasteiger partial charge on any atom is 0.324 e. The average Bonchev–Trinajstić information content (AvgIpc) is 3.11. The number of thiazole rings is 1. The molecule has 3 rings (SSSR count). The Labute approximate surface area is 167 Å². The van der Waals surface area contributed by atoms with Crippen LogP contribution >= 0.6 is 24.8 Å². The maximum absolute atomic E-state index is 12.5. The molecule has 1 aromatic carbocycles. The molecule has 0 radical (unpaired) electrons. The Kier molecular flexibility index (Phi) is 6.91. The first-order chi connectivity index (χ1) is 12.6. The topological polar surface area (TPSA) is 101 Å². The van der Waals surface area contributed by atoms with Gasteiger partial charge in [-0.15, -0.1) is 11.3 Å². The highest BCUT2D eigenvalue weighted by atomic mass is 32.1. The lowest BCUT2D eigenvalue weighted by Gasteiger charge is -2.25. The Morgan fingerprint density at radius 3 is 2.44 bits per heavy atom. The molecule has 2 aromatic heterocycles. The fraction of sp³-hybridized carbons (Fsp3) is 0.111. The van der Waals surface area contributed by atoms with Crippen molar-refractivity contribution in [2.24, 2.45) is 5.73 Å². The van der Waals surface area contributed by atoms with Crippen LogP contribution < -0.4 is 11.1 Å². The normalized spacial score (nSPS) is 11.1. The van der Waals surface area contributed by atoms with Crippen molar-refractivity contribution in [3.05, 3.63) is 65.8 Å². The van der Waals surface area contributed by atoms with E-state index < -0.39 is 18.0 Å². The number of carbonyl (C=O) groups is 2. The Hall–Kier alpha value is -2.91. The number of nitrogens with zero attached hydrogens (tertiary/aromatic N) is 3. The van der Waals surface area contributed by atoms with Gasteiger partial charge in [0.25, 0.3) is 0 Å². The van der Waals surface area contributed by atoms with Crippen molar-refractivity contribution < 1.29 is 9.59 Å². The van der Waals surface area contributed by atoms with Gasteiger partial charge in [-0.2, -0.15) is 13.5 Å². The average molecular weight is 402 g/mol. The third-order valence-corrected chi connectivity index (χ3v) is 4.54. The van der Waals surface area contributed by atoms with Gasteiger partial charge in [0.1, 0.15) is 6.04 Å². The maximum atomic E-state index is 12.5. The second-order valence-corrected chi connectivity index (χ2v) is 6.39. The molecular formula is C18H19N5O2S2. The summed E-state index contributed by atoms with van der Waals surface area (Å²) in [5.41, 5.74) is 7.80. The second-order valence-electron chi connectivity index (χ2n) is 5.53. The largest absolute Gasteiger partial charge is 0.368 e. The first-order valence-electron chi connectivity index (χ1n) is 7.80. The summed E-state index contributed by atoms with van der Waals surface area (Å²) >= 11 is 1.30. The van der Waals surface area contributed by atoms with Gasteiger partial charge in [0.05, 0.1) is 5.69 Å². The first kappa shape index (κ1) is 20.4. The van der Waals surface area contributed by atoms with Crippen molar-refractivity contribution >= 4 is 41.9 Å². The van der Waals surface area contributed by atoms with Gasteiger partial charge in [0.15, 0.2) is 5.13 Å². The minimum absolute atomic E-state index is 0. The molecule has 27 heavy (non-hydrogen) atoms. The summed E-state index contributed by atoms with van der Waals surface area (Å²) in [5, 5.41) is 4.98. The van der Waals surface area contributed by atoms with Crippen LogP contribution in [0.25, 0.3) is 11.3 Å². The first-order valence-corrected chi connectivity index (χ1v) is 8.68. The summed E-state index contributed by atoms with van der Waals surface area (Å²) in [5.74, 6) is -0.606. The standard InChI is InChI=1S/C18H17N5O2S.H2S/c1-23(15(16(19)24)13-5-3-2-4-6-13)18(25)22-17-21-14(11-26-17)12-7-9-20-10-8-12;/h2-11,15H,1H3,(H2,19,24)(H,21,22,25);1H2/t15-;/m0./s1. The Morgan fingerprint density at radius 2 is 1.81 bits per heavy atom. The van der Waals surface area contributed by atoms with Crippen molar-refractivity contribution in [2.45, 2.75) is 6.04 Å². The van der Waals surface area contributed by atoms with Crippen LogP contribution in [-0.2, 0) is 4.79 Å². The molecule has 3 aromatic rings. The van der Waals surface area contributed by atoms with Crippen molar-refractivity contribution in [3.8, 4) is 11.3 Å². The number of nitrogens with one attached hydrogen (secondary N) is 1. The Balaban J connectivity index is 0.00000261. The molecule has 0 fully saturated rings. The molecule has 140 valence electrons. The SMILES string of the molecule is CN(C(=O)Nc1nc(-c2ccncc2)cs1)[C@H](C(N)=O)c1ccccc1.S. The van der Waals surface area contributed by atoms with E-state index in [1.165, 1.54) is 23.3 Å². The van der Waals surface area contributed by atoms with Crippen LogP contribution in [0, 0.1) is 0 Å². The summed E-state index contributed by atoms with van der Waals surface area (Å²) < 4.78 is 0. The van der Waals surface area contributed by atoms with E-state index in [0.717, 1.165) is 11.3 Å². The molecule has 0 spiro atoms. The van der Waals surface area contributed by atoms with E-state index in [1.807, 2.05) is 23.6 Å². The van der Waals surface area contributed by atoms with Gasteiger partial charge in [0.2, 0.25) is 5.91 Å². The molecule has 0 aliphatic carbocycles. The number of nitrogens with two attached hydrogens (primary N) is 1. The van der Waals surface area contributed by atoms with Gasteiger partial charge in [-0.3, -0.25) is 15.1 Å². The van der Waals surface area contributed by atoms with Gasteiger partial charge >= 0.3 is 6.03 Å². The van der Waals surface area contributed by atoms with Crippen LogP contribution in [0.15, 0.2) is 60.2 Å². The lowest BCUT2D eigenvalue weighted by molar-refractivity contribution is -0.122. The molecule has 0 aliphatic rings. The number of primary amides is 1. The molecule has 0 bridgehead atoms. The molecule has 3 N–H and O–H groups in total. The quantitative estimate of drug-likeness (QED) is 0.686. The molecule has 1 atom stereocenters. The van der Waals surface area contributed by atoms with Crippen LogP contribution in [0.5, 0.6) is 0 Å². The van der Waals surface area contributed by atoms with E-state index in [-0.39, 0.29) is 13.5 Å². The van der Waals surface area contributed by atoms with Crippen LogP contribution in [-0.4, -0.2) is 33.9 Å². The second kappa shape index (κ2) is 9.15. The molecule has 0 saturated heterocycles. The zero-order valence-electron chi connectivity index (χ0n) is 14.5. The van der Waals surface area contributed by atoms with E-state index in [4.69, 9.17) is 5.73 Å². The highest BCUT2D eigenvalue weighted by molar-refractivity contribution is 7.59. The van der Waals surface area contributed by atoms with Gasteiger partial charge < -0.3 is 10.6 Å². The Bertz CT molecular complexity index is 902. The van der Waals surface area contributed by atoms with Gasteiger partial charge in [-0.25, -0.2) is 9.78 Å². The third kappa shape index (κ3) is 4.83. The number of likely N-dealkylation sites (N-methyl/N-ethyl adjacent to an activating group) is 1. The number of carbonyl (C=O) groups excluding carboxylic acids is 2. The predicted molar refractivity (Wildman–Crippen MR) is 111 cm³/mol. The fourth-order valence-electron chi connectivity index (χ4n) is 2.50. The van der Waals surface area contributed by atoms with Crippen LogP contribution in [0.2, 0.25) is 0 Å². The zero-order valence-corrected chi connectivity index (χ0v) is 16.3. The molecule has 7 nitrogen and oxygen atoms in total. The van der Waals surface area contributed by atoms with Crippen molar-refractivity contribution in [1.82, 2.24) is 14.9 Å². The number of rotatable bonds is 5. The number of hydrogen-bond donors (Lipinski definition) is 2. The van der Waals surface area contributed by atoms with E-state index in [2.05, 4.69) is 15.3 Å². The third-order valence-electron chi connectivity index (χ3n) is 3.79. The molecule has 0 unspecified atom stereocenters. The number of benzene rings is 1. The summed E-state index contributed by atoms with van der Waals surface area (Å²) in [4.78, 5) is 34.0. The van der Waals surface area contributed by atoms with E-state index in [9.17, 15) is 9.59 Å². The molecule has 0 saturated carbocycles. The van der Waals surface area contributed by atoms with E-state index >= 15 is 0 Å². The van der Waals surface area contributed by atoms with Crippen LogP contribution in [0.3, 0.4) is 0 Å². The molecule has 0 aliphatic heterocycles. The molecular weight excluding hydrogens is 382 g/mol. The summed E-state index contributed by atoms with van der Waals surface area (Å²) in [6.45, 7) is 0. The van der Waals surface area contributed by atoms with Crippen LogP contribution in [0.1, 0.15) is 11.6 Å². The van der Waals surface area contributed by atoms with Crippen molar-refractivity contribution in [2.75, 3.05) is 12.4 Å². The number of aromatic nitrogens is 2. The molecule has 3 amide bonds. The summed E-state index contributed by atoms with van der Waals surface area (Å²) in [6, 6.07) is 11.3. The van der Waals surface area contributed by atoms with Gasteiger partial charge in [-0.1, -0.05) is 30.3 Å². The minimum atomic E-state index is -0.865. The lowest BCUT2D eigenvalue weighted by Crippen LogP contribution is -2.41. The fourth-order valence-corrected chi connectivity index (χ4v) is 3.21. The van der Waals surface area contributed by atoms with Crippen molar-refractivity contribution in [1.29, 1.82) is 0 Å². The Morgan fingerprint density at radius 1 is 1.15 bits per heavy atom. The van der Waals surface area contributed by atoms with Gasteiger partial charge in [0, 0.05) is 30.4 Å².